The Morgan fingerprint density at radius 2 is 2.12 bits per heavy atom. The number of hydrogen-bond acceptors (Lipinski definition) is 6. The molecule has 2 aromatic rings. The van der Waals surface area contributed by atoms with E-state index < -0.39 is 22.6 Å². The summed E-state index contributed by atoms with van der Waals surface area (Å²) in [5, 5.41) is 2.47. The second kappa shape index (κ2) is 7.70. The van der Waals surface area contributed by atoms with E-state index in [2.05, 4.69) is 20.0 Å². The second-order valence-corrected chi connectivity index (χ2v) is 7.14. The zero-order chi connectivity index (χ0) is 18.7. The molecule has 1 unspecified atom stereocenters. The van der Waals surface area contributed by atoms with Crippen LogP contribution in [0.25, 0.3) is 6.08 Å². The summed E-state index contributed by atoms with van der Waals surface area (Å²) in [6.07, 6.45) is 4.60. The fourth-order valence-corrected chi connectivity index (χ4v) is 3.65. The minimum Gasteiger partial charge on any atom is -0.309 e. The van der Waals surface area contributed by atoms with Crippen molar-refractivity contribution in [3.63, 3.8) is 0 Å². The summed E-state index contributed by atoms with van der Waals surface area (Å²) in [6.45, 7) is 0. The standard InChI is InChI=1S/C8H5FN2O2S.C7H5FN2OS/c9-4-1-6-8(10-5(4)2-12)11-7(13)3-14-6;8-5-3-7-6(9-4-5)1-2-10-12(7)11/h1-2H,3H2,(H,10,11,13);1-4,10H. The Balaban J connectivity index is 0.000000152. The number of nitrogens with zero attached hydrogens (tertiary/aromatic N) is 2. The van der Waals surface area contributed by atoms with E-state index >= 15 is 0 Å². The highest BCUT2D eigenvalue weighted by atomic mass is 32.2. The van der Waals surface area contributed by atoms with E-state index in [0.717, 1.165) is 6.20 Å². The van der Waals surface area contributed by atoms with Crippen molar-refractivity contribution in [1.29, 1.82) is 0 Å². The minimum atomic E-state index is -1.36. The first-order valence-corrected chi connectivity index (χ1v) is 9.20. The van der Waals surface area contributed by atoms with Gasteiger partial charge < -0.3 is 10.0 Å². The Bertz CT molecular complexity index is 953. The molecule has 2 aromatic heterocycles. The van der Waals surface area contributed by atoms with Gasteiger partial charge in [0, 0.05) is 6.20 Å². The van der Waals surface area contributed by atoms with Gasteiger partial charge in [0.25, 0.3) is 0 Å². The summed E-state index contributed by atoms with van der Waals surface area (Å²) in [5.74, 6) is -0.830. The highest BCUT2D eigenvalue weighted by Crippen LogP contribution is 2.30. The number of nitrogens with one attached hydrogen (secondary N) is 2. The smallest absolute Gasteiger partial charge is 0.235 e. The molecule has 0 fully saturated rings. The average Bonchev–Trinajstić information content (AvgIpc) is 2.63. The lowest BCUT2D eigenvalue weighted by Crippen LogP contribution is -2.20. The molecule has 0 aromatic carbocycles. The van der Waals surface area contributed by atoms with Crippen molar-refractivity contribution in [2.24, 2.45) is 0 Å². The van der Waals surface area contributed by atoms with E-state index in [9.17, 15) is 22.6 Å². The van der Waals surface area contributed by atoms with Crippen LogP contribution in [0.5, 0.6) is 0 Å². The molecule has 4 rings (SSSR count). The van der Waals surface area contributed by atoms with Crippen LogP contribution in [-0.4, -0.2) is 32.1 Å². The van der Waals surface area contributed by atoms with Crippen molar-refractivity contribution in [3.05, 3.63) is 47.6 Å². The molecule has 0 radical (unpaired) electrons. The van der Waals surface area contributed by atoms with Crippen molar-refractivity contribution in [3.8, 4) is 0 Å². The number of carbonyl (C=O) groups excluding carboxylic acids is 2. The molecule has 1 amide bonds. The molecule has 0 spiro atoms. The molecule has 0 saturated carbocycles. The molecule has 4 heterocycles. The van der Waals surface area contributed by atoms with Crippen LogP contribution in [0.2, 0.25) is 0 Å². The number of amides is 1. The van der Waals surface area contributed by atoms with E-state index in [-0.39, 0.29) is 23.2 Å². The number of fused-ring (bicyclic) bond motifs is 2. The van der Waals surface area contributed by atoms with Crippen molar-refractivity contribution in [1.82, 2.24) is 14.7 Å². The number of aromatic nitrogens is 2. The minimum absolute atomic E-state index is 0.196. The number of anilines is 1. The molecule has 7 nitrogen and oxygen atoms in total. The quantitative estimate of drug-likeness (QED) is 0.714. The van der Waals surface area contributed by atoms with Crippen molar-refractivity contribution < 1.29 is 22.6 Å². The predicted molar refractivity (Wildman–Crippen MR) is 91.7 cm³/mol. The number of aldehydes is 1. The van der Waals surface area contributed by atoms with Crippen molar-refractivity contribution in [2.45, 2.75) is 9.79 Å². The molecule has 11 heteroatoms. The van der Waals surface area contributed by atoms with Gasteiger partial charge in [-0.1, -0.05) is 0 Å². The van der Waals surface area contributed by atoms with Gasteiger partial charge in [0.2, 0.25) is 5.91 Å². The highest BCUT2D eigenvalue weighted by Gasteiger charge is 2.19. The van der Waals surface area contributed by atoms with Gasteiger partial charge in [-0.2, -0.15) is 0 Å². The highest BCUT2D eigenvalue weighted by molar-refractivity contribution is 8.00. The lowest BCUT2D eigenvalue weighted by Gasteiger charge is -2.15. The molecule has 0 saturated heterocycles. The van der Waals surface area contributed by atoms with E-state index in [4.69, 9.17) is 0 Å². The number of pyridine rings is 2. The maximum atomic E-state index is 13.1. The van der Waals surface area contributed by atoms with E-state index in [1.807, 2.05) is 0 Å². The van der Waals surface area contributed by atoms with Crippen LogP contribution >= 0.6 is 11.8 Å². The van der Waals surface area contributed by atoms with Crippen LogP contribution in [0.4, 0.5) is 14.6 Å². The van der Waals surface area contributed by atoms with Crippen molar-refractivity contribution >= 4 is 46.8 Å². The third-order valence-electron chi connectivity index (χ3n) is 3.16. The van der Waals surface area contributed by atoms with Gasteiger partial charge in [-0.15, -0.1) is 11.8 Å². The fraction of sp³-hybridized carbons (Fsp3) is 0.0667. The molecule has 0 bridgehead atoms. The van der Waals surface area contributed by atoms with Gasteiger partial charge in [0.1, 0.15) is 17.3 Å². The predicted octanol–water partition coefficient (Wildman–Crippen LogP) is 1.89. The van der Waals surface area contributed by atoms with Crippen molar-refractivity contribution in [2.75, 3.05) is 11.1 Å². The SMILES string of the molecule is O=Cc1nc2c(cc1F)SCC(=O)N2.O=S1NC=Cc2ncc(F)cc21. The van der Waals surface area contributed by atoms with Crippen LogP contribution in [-0.2, 0) is 15.8 Å². The Kier molecular flexibility index (Phi) is 5.38. The molecule has 1 atom stereocenters. The van der Waals surface area contributed by atoms with Gasteiger partial charge in [0.05, 0.1) is 27.4 Å². The monoisotopic (exact) mass is 396 g/mol. The lowest BCUT2D eigenvalue weighted by atomic mass is 10.3. The third kappa shape index (κ3) is 3.94. The molecule has 0 aliphatic carbocycles. The third-order valence-corrected chi connectivity index (χ3v) is 5.27. The van der Waals surface area contributed by atoms with Gasteiger partial charge in [-0.05, 0) is 18.2 Å². The Labute approximate surface area is 152 Å². The molecule has 134 valence electrons. The van der Waals surface area contributed by atoms with Crippen LogP contribution < -0.4 is 10.0 Å². The second-order valence-electron chi connectivity index (χ2n) is 4.91. The number of hydrogen-bond donors (Lipinski definition) is 2. The molecular weight excluding hydrogens is 386 g/mol. The summed E-state index contributed by atoms with van der Waals surface area (Å²) in [6, 6.07) is 2.42. The van der Waals surface area contributed by atoms with Crippen LogP contribution in [0, 0.1) is 11.6 Å². The summed E-state index contributed by atoms with van der Waals surface area (Å²) in [5.41, 5.74) is 0.264. The van der Waals surface area contributed by atoms with Gasteiger partial charge >= 0.3 is 0 Å². The Morgan fingerprint density at radius 3 is 2.88 bits per heavy atom. The zero-order valence-corrected chi connectivity index (χ0v) is 14.5. The number of carbonyl (C=O) groups is 2. The topological polar surface area (TPSA) is 101 Å². The molecule has 26 heavy (non-hydrogen) atoms. The molecule has 2 aliphatic heterocycles. The van der Waals surface area contributed by atoms with Crippen LogP contribution in [0.3, 0.4) is 0 Å². The summed E-state index contributed by atoms with van der Waals surface area (Å²) in [7, 11) is -1.36. The summed E-state index contributed by atoms with van der Waals surface area (Å²) >= 11 is 1.20. The lowest BCUT2D eigenvalue weighted by molar-refractivity contribution is -0.113. The summed E-state index contributed by atoms with van der Waals surface area (Å²) < 4.78 is 39.4. The zero-order valence-electron chi connectivity index (χ0n) is 12.9. The van der Waals surface area contributed by atoms with Gasteiger partial charge in [-0.25, -0.2) is 18.0 Å². The molecule has 2 N–H and O–H groups in total. The van der Waals surface area contributed by atoms with E-state index in [1.165, 1.54) is 30.1 Å². The first kappa shape index (κ1) is 18.1. The molecular formula is C15H10F2N4O3S2. The maximum Gasteiger partial charge on any atom is 0.235 e. The first-order valence-electron chi connectivity index (χ1n) is 7.06. The maximum absolute atomic E-state index is 13.1. The van der Waals surface area contributed by atoms with Gasteiger partial charge in [-0.3, -0.25) is 14.6 Å². The van der Waals surface area contributed by atoms with Crippen LogP contribution in [0.15, 0.2) is 34.3 Å². The number of rotatable bonds is 1. The first-order chi connectivity index (χ1) is 12.5. The van der Waals surface area contributed by atoms with Gasteiger partial charge in [0.15, 0.2) is 23.1 Å². The largest absolute Gasteiger partial charge is 0.309 e. The van der Waals surface area contributed by atoms with Crippen LogP contribution in [0.1, 0.15) is 16.2 Å². The normalized spacial score (nSPS) is 17.0. The fourth-order valence-electron chi connectivity index (χ4n) is 2.02. The number of halogens is 2. The summed E-state index contributed by atoms with van der Waals surface area (Å²) in [4.78, 5) is 29.7. The Morgan fingerprint density at radius 1 is 1.31 bits per heavy atom. The Hall–Kier alpha value is -2.66. The molecule has 2 aliphatic rings. The van der Waals surface area contributed by atoms with E-state index in [0.29, 0.717) is 21.8 Å². The average molecular weight is 396 g/mol. The van der Waals surface area contributed by atoms with E-state index in [1.54, 1.807) is 6.08 Å². The number of thioether (sulfide) groups is 1.